The second-order valence-electron chi connectivity index (χ2n) is 34.0. The quantitative estimate of drug-likeness (QED) is 0.0354. The minimum atomic E-state index is -0.650. The summed E-state index contributed by atoms with van der Waals surface area (Å²) >= 11 is 11.8. The number of fused-ring (bicyclic) bond motifs is 1. The van der Waals surface area contributed by atoms with E-state index in [0.717, 1.165) is 192 Å². The summed E-state index contributed by atoms with van der Waals surface area (Å²) in [5.74, 6) is 6.35. The molecule has 9 aromatic carbocycles. The van der Waals surface area contributed by atoms with Crippen LogP contribution in [0, 0.1) is 44.1 Å². The van der Waals surface area contributed by atoms with Crippen molar-refractivity contribution < 1.29 is 88.6 Å². The van der Waals surface area contributed by atoms with E-state index in [-0.39, 0.29) is 53.4 Å². The molecule has 1 unspecified atom stereocenters. The molecule has 3 aliphatic rings. The first-order chi connectivity index (χ1) is 67.0. The Morgan fingerprint density at radius 3 is 1.45 bits per heavy atom. The number of hydrogen-bond acceptors (Lipinski definition) is 16. The normalized spacial score (nSPS) is 12.1. The zero-order chi connectivity index (χ0) is 101. The van der Waals surface area contributed by atoms with Crippen LogP contribution in [0.15, 0.2) is 221 Å². The zero-order valence-electron chi connectivity index (χ0n) is 84.0. The van der Waals surface area contributed by atoms with Gasteiger partial charge < -0.3 is 76.4 Å². The number of benzene rings is 9. The molecule has 0 aliphatic heterocycles. The molecule has 3 saturated carbocycles. The first kappa shape index (κ1) is 114. The van der Waals surface area contributed by atoms with Crippen molar-refractivity contribution in [2.24, 2.45) is 5.92 Å². The third-order valence-corrected chi connectivity index (χ3v) is 22.4. The first-order valence-electron chi connectivity index (χ1n) is 48.8. The Morgan fingerprint density at radius 1 is 0.432 bits per heavy atom. The van der Waals surface area contributed by atoms with Crippen LogP contribution in [0.4, 0.5) is 27.6 Å². The molecule has 11 aromatic rings. The lowest BCUT2D eigenvalue weighted by atomic mass is 10.1. The summed E-state index contributed by atoms with van der Waals surface area (Å²) < 4.78 is 97.9. The van der Waals surface area contributed by atoms with Crippen molar-refractivity contribution in [2.45, 2.75) is 231 Å². The number of halogens is 5. The number of aryl methyl sites for hydroxylation is 6. The largest absolute Gasteiger partial charge is 0.494 e. The van der Waals surface area contributed by atoms with Gasteiger partial charge in [0.15, 0.2) is 11.5 Å². The summed E-state index contributed by atoms with van der Waals surface area (Å²) in [5, 5.41) is 5.29. The minimum absolute atomic E-state index is 0.146. The molecule has 3 aliphatic carbocycles. The molecule has 0 bridgehead atoms. The van der Waals surface area contributed by atoms with Crippen molar-refractivity contribution in [1.82, 2.24) is 24.9 Å². The molecule has 14 rings (SSSR count). The molecule has 21 nitrogen and oxygen atoms in total. The van der Waals surface area contributed by atoms with Gasteiger partial charge in [0.25, 0.3) is 0 Å². The molecule has 3 fully saturated rings. The van der Waals surface area contributed by atoms with Gasteiger partial charge in [-0.15, -0.1) is 0 Å². The average Bonchev–Trinajstić information content (AvgIpc) is 1.60. The minimum Gasteiger partial charge on any atom is -0.494 e. The SMILES string of the molecule is CCCN(C(=O)Cc1ccc(CC)o1)C1CC1.CCCN(C(=O)Cc1ccc2cc(CC)oc2c1)C1CC1.CCCN(CCc1ccc(Cl)cc1)C(=O)OCC.CCOC(=O)N(CCCc1cccc(Cl)c1)CC1CC1.CCOC(=O)NC(C)CC.CCOc1cccc(Oc2cccc(C)c2)c1.COc1cc(COc2cccc(C)c2)cc(OC)c1F.Cc1cccc(Oc2cc(F)cc(F)c2)c1. The van der Waals surface area contributed by atoms with Gasteiger partial charge in [0.05, 0.1) is 53.5 Å². The van der Waals surface area contributed by atoms with Crippen LogP contribution in [-0.4, -0.2) is 148 Å². The van der Waals surface area contributed by atoms with Crippen LogP contribution in [0.25, 0.3) is 11.0 Å². The van der Waals surface area contributed by atoms with Gasteiger partial charge in [-0.1, -0.05) is 144 Å². The van der Waals surface area contributed by atoms with E-state index in [1.807, 2.05) is 217 Å². The maximum atomic E-state index is 13.8. The zero-order valence-corrected chi connectivity index (χ0v) is 85.5. The average molecular weight is 1960 g/mol. The van der Waals surface area contributed by atoms with Crippen LogP contribution in [0.2, 0.25) is 10.0 Å². The number of nitrogens with one attached hydrogen (secondary N) is 1. The third kappa shape index (κ3) is 43.8. The molecule has 0 saturated heterocycles. The van der Waals surface area contributed by atoms with E-state index in [4.69, 9.17) is 69.9 Å². The summed E-state index contributed by atoms with van der Waals surface area (Å²) in [5.41, 5.74) is 8.44. The number of carbonyl (C=O) groups is 5. The Morgan fingerprint density at radius 2 is 0.942 bits per heavy atom. The van der Waals surface area contributed by atoms with Crippen molar-refractivity contribution in [3.8, 4) is 46.0 Å². The molecule has 0 spiro atoms. The molecule has 139 heavy (non-hydrogen) atoms. The number of nitrogens with zero attached hydrogens (tertiary/aromatic N) is 4. The molecule has 1 atom stereocenters. The van der Waals surface area contributed by atoms with E-state index in [0.29, 0.717) is 76.2 Å². The lowest BCUT2D eigenvalue weighted by Gasteiger charge is -2.21. The van der Waals surface area contributed by atoms with Gasteiger partial charge in [-0.25, -0.2) is 23.2 Å². The van der Waals surface area contributed by atoms with Crippen LogP contribution < -0.4 is 33.7 Å². The maximum absolute atomic E-state index is 13.8. The Kier molecular flexibility index (Phi) is 51.2. The monoisotopic (exact) mass is 1950 g/mol. The van der Waals surface area contributed by atoms with Gasteiger partial charge in [-0.3, -0.25) is 9.59 Å². The Hall–Kier alpha value is -12.3. The number of alkyl carbamates (subject to hydrolysis) is 1. The van der Waals surface area contributed by atoms with Gasteiger partial charge in [0.1, 0.15) is 75.6 Å². The van der Waals surface area contributed by atoms with Crippen molar-refractivity contribution in [1.29, 1.82) is 0 Å². The predicted molar refractivity (Wildman–Crippen MR) is 548 cm³/mol. The second-order valence-corrected chi connectivity index (χ2v) is 34.9. The topological polar surface area (TPSA) is 220 Å². The molecule has 2 aromatic heterocycles. The van der Waals surface area contributed by atoms with E-state index >= 15 is 0 Å². The van der Waals surface area contributed by atoms with Gasteiger partial charge in [0, 0.05) is 110 Å². The molecular weight excluding hydrogens is 1810 g/mol. The number of ether oxygens (including phenoxy) is 9. The summed E-state index contributed by atoms with van der Waals surface area (Å²) in [7, 11) is 2.84. The van der Waals surface area contributed by atoms with Crippen molar-refractivity contribution >= 4 is 64.3 Å². The van der Waals surface area contributed by atoms with Crippen LogP contribution in [0.3, 0.4) is 0 Å². The molecule has 26 heteroatoms. The van der Waals surface area contributed by atoms with Gasteiger partial charge >= 0.3 is 18.3 Å². The van der Waals surface area contributed by atoms with Crippen LogP contribution in [-0.2, 0) is 68.9 Å². The van der Waals surface area contributed by atoms with Crippen molar-refractivity contribution in [3.63, 3.8) is 0 Å². The lowest BCUT2D eigenvalue weighted by Crippen LogP contribution is -2.34. The molecule has 752 valence electrons. The highest BCUT2D eigenvalue weighted by Crippen LogP contribution is 2.35. The summed E-state index contributed by atoms with van der Waals surface area (Å²) in [4.78, 5) is 66.6. The summed E-state index contributed by atoms with van der Waals surface area (Å²) in [6.07, 6.45) is 15.7. The first-order valence-corrected chi connectivity index (χ1v) is 49.5. The van der Waals surface area contributed by atoms with E-state index in [9.17, 15) is 37.1 Å². The van der Waals surface area contributed by atoms with E-state index in [1.54, 1.807) is 36.1 Å². The number of methoxy groups -OCH3 is 2. The lowest BCUT2D eigenvalue weighted by molar-refractivity contribution is -0.132. The van der Waals surface area contributed by atoms with Gasteiger partial charge in [0.2, 0.25) is 17.6 Å². The van der Waals surface area contributed by atoms with Crippen molar-refractivity contribution in [2.75, 3.05) is 79.9 Å². The smallest absolute Gasteiger partial charge is 0.409 e. The number of amides is 5. The van der Waals surface area contributed by atoms with E-state index in [2.05, 4.69) is 67.8 Å². The molecule has 5 amide bonds. The van der Waals surface area contributed by atoms with Crippen LogP contribution in [0.1, 0.15) is 203 Å². The van der Waals surface area contributed by atoms with Gasteiger partial charge in [-0.05, 0) is 293 Å². The van der Waals surface area contributed by atoms with E-state index in [1.165, 1.54) is 69.4 Å². The second kappa shape index (κ2) is 62.6. The van der Waals surface area contributed by atoms with Gasteiger partial charge in [-0.2, -0.15) is 4.39 Å². The highest BCUT2D eigenvalue weighted by atomic mass is 35.5. The number of hydrogen-bond donors (Lipinski definition) is 1. The predicted octanol–water partition coefficient (Wildman–Crippen LogP) is 28.1. The molecule has 1 N–H and O–H groups in total. The number of carbonyl (C=O) groups excluding carboxylic acids is 5. The Balaban J connectivity index is 0.000000217. The van der Waals surface area contributed by atoms with Crippen LogP contribution >= 0.6 is 23.2 Å². The molecular formula is C113H144Cl2F3N5O16. The Labute approximate surface area is 831 Å². The third-order valence-electron chi connectivity index (χ3n) is 21.9. The number of rotatable bonds is 39. The fourth-order valence-corrected chi connectivity index (χ4v) is 14.6. The van der Waals surface area contributed by atoms with Crippen LogP contribution in [0.5, 0.6) is 46.0 Å². The molecule has 0 radical (unpaired) electrons. The maximum Gasteiger partial charge on any atom is 0.409 e. The number of furan rings is 2. The standard InChI is InChI=1S/C18H23NO2.C16H22ClNO2.C16H17FO3.C15H16O2.C14H20ClNO2.C14H21NO2.C13H10F2O.C7H15NO2/c1-3-9-19(15-7-8-15)18(20)11-13-5-6-14-12-16(4-2)21-17(14)10-13;1-2-20-16(19)18(12-14-8-9-14)10-4-6-13-5-3-7-15(17)11-13;1-11-5-4-6-13(7-11)20-10-12-8-14(18-2)16(17)15(9-12)19-3;1-3-16-13-7-5-9-15(11-13)17-14-8-4-6-12(2)10-14;1-3-10-16(14(17)18-4-2)11-9-12-5-7-13(15)8-6-12;1-3-9-15(11-5-6-11)14(16)10-13-8-7-12(4-2)17-13;1-9-3-2-4-12(5-9)16-13-7-10(14)6-11(15)8-13;1-4-6(3)8-7(9)10-5-2/h5-6,10,12,15H,3-4,7-9,11H2,1-2H3;3,5,7,11,14H,2,4,6,8-10,12H2,1H3;4-9H,10H2,1-3H3;4-11H,3H2,1-2H3;5-8H,3-4,9-11H2,1-2H3;7-8,11H,3-6,9-10H2,1-2H3;2-8H,1H3;6H,4-5H2,1-3H3,(H,8,9). The summed E-state index contributed by atoms with van der Waals surface area (Å²) in [6, 6.07) is 65.9. The summed E-state index contributed by atoms with van der Waals surface area (Å²) in [6.45, 7) is 34.8. The fourth-order valence-electron chi connectivity index (χ4n) is 14.2. The molecule has 2 heterocycles. The Bertz CT molecular complexity index is 5440. The fraction of sp³-hybridized carbons (Fsp3) is 0.425. The van der Waals surface area contributed by atoms with E-state index < -0.39 is 17.5 Å². The van der Waals surface area contributed by atoms with Crippen molar-refractivity contribution in [3.05, 3.63) is 296 Å². The highest BCUT2D eigenvalue weighted by molar-refractivity contribution is 6.30. The highest BCUT2D eigenvalue weighted by Gasteiger charge is 2.34.